The molecular weight excluding hydrogens is 221 g/mol. The molecule has 1 aromatic rings. The second-order valence-corrected chi connectivity index (χ2v) is 4.03. The van der Waals surface area contributed by atoms with E-state index in [1.54, 1.807) is 6.07 Å². The average molecular weight is 234 g/mol. The van der Waals surface area contributed by atoms with Gasteiger partial charge in [0.25, 0.3) is 0 Å². The Labute approximate surface area is 94.1 Å². The van der Waals surface area contributed by atoms with Crippen molar-refractivity contribution in [2.75, 3.05) is 20.3 Å². The van der Waals surface area contributed by atoms with Crippen LogP contribution in [0.4, 0.5) is 0 Å². The molecule has 0 aliphatic heterocycles. The van der Waals surface area contributed by atoms with Crippen LogP contribution >= 0.6 is 23.2 Å². The Morgan fingerprint density at radius 1 is 1.29 bits per heavy atom. The fourth-order valence-electron chi connectivity index (χ4n) is 1.09. The van der Waals surface area contributed by atoms with Gasteiger partial charge >= 0.3 is 0 Å². The quantitative estimate of drug-likeness (QED) is 0.808. The Morgan fingerprint density at radius 3 is 2.57 bits per heavy atom. The summed E-state index contributed by atoms with van der Waals surface area (Å²) in [5.74, 6) is 0. The molecule has 0 spiro atoms. The highest BCUT2D eigenvalue weighted by molar-refractivity contribution is 6.42. The van der Waals surface area contributed by atoms with Crippen LogP contribution in [0.25, 0.3) is 0 Å². The summed E-state index contributed by atoms with van der Waals surface area (Å²) in [4.78, 5) is 1.82. The maximum atomic E-state index is 8.79. The zero-order valence-electron chi connectivity index (χ0n) is 8.00. The summed E-state index contributed by atoms with van der Waals surface area (Å²) >= 11 is 11.7. The van der Waals surface area contributed by atoms with E-state index in [1.807, 2.05) is 24.1 Å². The molecule has 0 amide bonds. The number of nitrogens with zero attached hydrogens (tertiary/aromatic N) is 1. The molecular formula is C10H13Cl2NO. The standard InChI is InChI=1S/C10H13Cl2NO/c1-13(7-14)5-4-8-2-3-9(11)10(12)6-8/h2-3,6,14H,4-5,7H2,1H3. The molecule has 0 radical (unpaired) electrons. The summed E-state index contributed by atoms with van der Waals surface area (Å²) in [5.41, 5.74) is 1.12. The zero-order valence-corrected chi connectivity index (χ0v) is 9.52. The van der Waals surface area contributed by atoms with Crippen LogP contribution in [-0.4, -0.2) is 30.3 Å². The summed E-state index contributed by atoms with van der Waals surface area (Å²) < 4.78 is 0. The van der Waals surface area contributed by atoms with Crippen LogP contribution in [0.15, 0.2) is 18.2 Å². The number of rotatable bonds is 4. The molecule has 0 saturated carbocycles. The van der Waals surface area contributed by atoms with Gasteiger partial charge in [-0.1, -0.05) is 29.3 Å². The first-order chi connectivity index (χ1) is 6.63. The molecule has 1 N–H and O–H groups in total. The third-order valence-electron chi connectivity index (χ3n) is 2.01. The summed E-state index contributed by atoms with van der Waals surface area (Å²) in [6.45, 7) is 0.871. The SMILES string of the molecule is CN(CO)CCc1ccc(Cl)c(Cl)c1. The molecule has 0 aliphatic carbocycles. The minimum Gasteiger partial charge on any atom is -0.381 e. The fraction of sp³-hybridized carbons (Fsp3) is 0.400. The second-order valence-electron chi connectivity index (χ2n) is 3.22. The molecule has 4 heteroatoms. The molecule has 0 aromatic heterocycles. The van der Waals surface area contributed by atoms with E-state index in [0.29, 0.717) is 10.0 Å². The molecule has 0 bridgehead atoms. The van der Waals surface area contributed by atoms with Crippen molar-refractivity contribution in [1.29, 1.82) is 0 Å². The van der Waals surface area contributed by atoms with Gasteiger partial charge in [-0.3, -0.25) is 4.90 Å². The van der Waals surface area contributed by atoms with Crippen LogP contribution in [0, 0.1) is 0 Å². The molecule has 78 valence electrons. The van der Waals surface area contributed by atoms with Gasteiger partial charge < -0.3 is 5.11 Å². The number of aliphatic hydroxyl groups excluding tert-OH is 1. The number of halogens is 2. The van der Waals surface area contributed by atoms with Crippen LogP contribution in [0.3, 0.4) is 0 Å². The molecule has 2 nitrogen and oxygen atoms in total. The van der Waals surface area contributed by atoms with E-state index in [4.69, 9.17) is 28.3 Å². The second kappa shape index (κ2) is 5.56. The van der Waals surface area contributed by atoms with Gasteiger partial charge in [0.05, 0.1) is 16.8 Å². The monoisotopic (exact) mass is 233 g/mol. The molecule has 0 heterocycles. The molecule has 0 saturated heterocycles. The van der Waals surface area contributed by atoms with Crippen LogP contribution < -0.4 is 0 Å². The van der Waals surface area contributed by atoms with Crippen LogP contribution in [0.5, 0.6) is 0 Å². The molecule has 1 aromatic carbocycles. The summed E-state index contributed by atoms with van der Waals surface area (Å²) in [6.07, 6.45) is 0.855. The van der Waals surface area contributed by atoms with Gasteiger partial charge in [0.1, 0.15) is 0 Å². The van der Waals surface area contributed by atoms with Crippen molar-refractivity contribution in [3.05, 3.63) is 33.8 Å². The van der Waals surface area contributed by atoms with Gasteiger partial charge in [-0.25, -0.2) is 0 Å². The van der Waals surface area contributed by atoms with Crippen molar-refractivity contribution >= 4 is 23.2 Å². The highest BCUT2D eigenvalue weighted by Gasteiger charge is 2.01. The lowest BCUT2D eigenvalue weighted by atomic mass is 10.1. The van der Waals surface area contributed by atoms with E-state index in [1.165, 1.54) is 0 Å². The lowest BCUT2D eigenvalue weighted by Crippen LogP contribution is -2.21. The number of benzene rings is 1. The molecule has 0 aliphatic rings. The van der Waals surface area contributed by atoms with Gasteiger partial charge in [-0.2, -0.15) is 0 Å². The number of aliphatic hydroxyl groups is 1. The Balaban J connectivity index is 2.55. The molecule has 14 heavy (non-hydrogen) atoms. The van der Waals surface area contributed by atoms with Crippen LogP contribution in [-0.2, 0) is 6.42 Å². The predicted molar refractivity (Wildman–Crippen MR) is 59.9 cm³/mol. The van der Waals surface area contributed by atoms with E-state index in [-0.39, 0.29) is 6.73 Å². The smallest absolute Gasteiger partial charge is 0.0954 e. The maximum Gasteiger partial charge on any atom is 0.0954 e. The Morgan fingerprint density at radius 2 is 2.00 bits per heavy atom. The lowest BCUT2D eigenvalue weighted by Gasteiger charge is -2.12. The summed E-state index contributed by atoms with van der Waals surface area (Å²) in [5, 5.41) is 9.94. The Kier molecular flexibility index (Phi) is 4.69. The summed E-state index contributed by atoms with van der Waals surface area (Å²) in [6, 6.07) is 5.59. The Bertz CT molecular complexity index is 304. The number of likely N-dealkylation sites (N-methyl/N-ethyl adjacent to an activating group) is 1. The summed E-state index contributed by atoms with van der Waals surface area (Å²) in [7, 11) is 1.86. The molecule has 1 rings (SSSR count). The van der Waals surface area contributed by atoms with E-state index >= 15 is 0 Å². The fourth-order valence-corrected chi connectivity index (χ4v) is 1.41. The minimum atomic E-state index is 0.0708. The van der Waals surface area contributed by atoms with Crippen molar-refractivity contribution in [3.63, 3.8) is 0 Å². The van der Waals surface area contributed by atoms with Gasteiger partial charge in [0.2, 0.25) is 0 Å². The average Bonchev–Trinajstić information content (AvgIpc) is 2.19. The molecule has 0 unspecified atom stereocenters. The van der Waals surface area contributed by atoms with Crippen LogP contribution in [0.2, 0.25) is 10.0 Å². The first-order valence-electron chi connectivity index (χ1n) is 4.37. The van der Waals surface area contributed by atoms with Crippen molar-refractivity contribution in [3.8, 4) is 0 Å². The van der Waals surface area contributed by atoms with E-state index in [9.17, 15) is 0 Å². The van der Waals surface area contributed by atoms with E-state index in [0.717, 1.165) is 18.5 Å². The van der Waals surface area contributed by atoms with Crippen molar-refractivity contribution in [2.45, 2.75) is 6.42 Å². The topological polar surface area (TPSA) is 23.5 Å². The van der Waals surface area contributed by atoms with Crippen LogP contribution in [0.1, 0.15) is 5.56 Å². The third-order valence-corrected chi connectivity index (χ3v) is 2.75. The predicted octanol–water partition coefficient (Wildman–Crippen LogP) is 2.42. The van der Waals surface area contributed by atoms with E-state index in [2.05, 4.69) is 0 Å². The Hall–Kier alpha value is -0.280. The highest BCUT2D eigenvalue weighted by atomic mass is 35.5. The maximum absolute atomic E-state index is 8.79. The van der Waals surface area contributed by atoms with Gasteiger partial charge in [0.15, 0.2) is 0 Å². The molecule has 0 fully saturated rings. The number of hydrogen-bond acceptors (Lipinski definition) is 2. The highest BCUT2D eigenvalue weighted by Crippen LogP contribution is 2.22. The first-order valence-corrected chi connectivity index (χ1v) is 5.12. The normalized spacial score (nSPS) is 10.9. The van der Waals surface area contributed by atoms with Crippen molar-refractivity contribution < 1.29 is 5.11 Å². The zero-order chi connectivity index (χ0) is 10.6. The van der Waals surface area contributed by atoms with Gasteiger partial charge in [0, 0.05) is 6.54 Å². The largest absolute Gasteiger partial charge is 0.381 e. The van der Waals surface area contributed by atoms with Gasteiger partial charge in [-0.15, -0.1) is 0 Å². The first kappa shape index (κ1) is 11.8. The third kappa shape index (κ3) is 3.46. The van der Waals surface area contributed by atoms with E-state index < -0.39 is 0 Å². The minimum absolute atomic E-state index is 0.0708. The van der Waals surface area contributed by atoms with Crippen molar-refractivity contribution in [2.24, 2.45) is 0 Å². The van der Waals surface area contributed by atoms with Gasteiger partial charge in [-0.05, 0) is 31.2 Å². The molecule has 0 atom stereocenters. The lowest BCUT2D eigenvalue weighted by molar-refractivity contribution is 0.134. The van der Waals surface area contributed by atoms with Crippen molar-refractivity contribution in [1.82, 2.24) is 4.90 Å². The number of hydrogen-bond donors (Lipinski definition) is 1.